The molecule has 0 bridgehead atoms. The van der Waals surface area contributed by atoms with E-state index in [9.17, 15) is 9.90 Å². The zero-order valence-electron chi connectivity index (χ0n) is 24.7. The molecule has 1 saturated heterocycles. The van der Waals surface area contributed by atoms with Crippen LogP contribution in [-0.4, -0.2) is 78.1 Å². The zero-order chi connectivity index (χ0) is 29.2. The molecule has 1 aliphatic heterocycles. The second-order valence-corrected chi connectivity index (χ2v) is 11.5. The van der Waals surface area contributed by atoms with Crippen LogP contribution < -0.4 is 10.2 Å². The van der Waals surface area contributed by atoms with Gasteiger partial charge in [0.2, 0.25) is 0 Å². The molecular formula is C32H43N5O4. The maximum atomic E-state index is 11.8. The van der Waals surface area contributed by atoms with E-state index in [0.717, 1.165) is 66.5 Å². The van der Waals surface area contributed by atoms with Crippen molar-refractivity contribution in [1.29, 1.82) is 0 Å². The highest BCUT2D eigenvalue weighted by atomic mass is 16.6. The Kier molecular flexibility index (Phi) is 10.7. The molecule has 41 heavy (non-hydrogen) atoms. The molecular weight excluding hydrogens is 518 g/mol. The van der Waals surface area contributed by atoms with Gasteiger partial charge in [-0.2, -0.15) is 0 Å². The predicted molar refractivity (Wildman–Crippen MR) is 161 cm³/mol. The van der Waals surface area contributed by atoms with Crippen molar-refractivity contribution >= 4 is 11.8 Å². The van der Waals surface area contributed by atoms with Crippen molar-refractivity contribution in [3.05, 3.63) is 77.2 Å². The van der Waals surface area contributed by atoms with E-state index in [4.69, 9.17) is 14.5 Å². The van der Waals surface area contributed by atoms with E-state index in [-0.39, 0.29) is 12.7 Å². The van der Waals surface area contributed by atoms with Gasteiger partial charge in [-0.1, -0.05) is 30.3 Å². The lowest BCUT2D eigenvalue weighted by Crippen LogP contribution is -2.36. The first-order chi connectivity index (χ1) is 19.7. The average Bonchev–Trinajstić information content (AvgIpc) is 2.95. The van der Waals surface area contributed by atoms with Crippen molar-refractivity contribution < 1.29 is 19.4 Å². The lowest BCUT2D eigenvalue weighted by molar-refractivity contribution is 0.0526. The van der Waals surface area contributed by atoms with Crippen molar-refractivity contribution in [2.75, 3.05) is 51.3 Å². The van der Waals surface area contributed by atoms with Crippen LogP contribution in [0.5, 0.6) is 0 Å². The fraction of sp³-hybridized carbons (Fsp3) is 0.469. The standard InChI is InChI=1S/C32H43N5O4/c1-32(2,3)41-31(39)34-11-5-13-36(4)22-24-6-8-27(9-7-24)29-10-12-33-30(35-29)21-25-18-26(23-38)20-28(19-25)37-14-16-40-17-15-37/h6-10,12,18-20,38H,5,11,13-17,21-23H2,1-4H3,(H,34,39). The van der Waals surface area contributed by atoms with Crippen molar-refractivity contribution in [2.24, 2.45) is 0 Å². The number of carbonyl (C=O) groups excluding carboxylic acids is 1. The first-order valence-corrected chi connectivity index (χ1v) is 14.3. The Morgan fingerprint density at radius 1 is 1.07 bits per heavy atom. The monoisotopic (exact) mass is 561 g/mol. The fourth-order valence-corrected chi connectivity index (χ4v) is 4.79. The molecule has 1 amide bonds. The summed E-state index contributed by atoms with van der Waals surface area (Å²) >= 11 is 0. The fourth-order valence-electron chi connectivity index (χ4n) is 4.79. The molecule has 2 aromatic carbocycles. The topological polar surface area (TPSA) is 100 Å². The SMILES string of the molecule is CN(CCCNC(=O)OC(C)(C)C)Cc1ccc(-c2ccnc(Cc3cc(CO)cc(N4CCOCC4)c3)n2)cc1. The quantitative estimate of drug-likeness (QED) is 0.332. The summed E-state index contributed by atoms with van der Waals surface area (Å²) in [6.07, 6.45) is 2.86. The van der Waals surface area contributed by atoms with Crippen LogP contribution in [0, 0.1) is 0 Å². The van der Waals surface area contributed by atoms with E-state index in [2.05, 4.69) is 57.5 Å². The summed E-state index contributed by atoms with van der Waals surface area (Å²) in [6, 6.07) is 16.6. The van der Waals surface area contributed by atoms with Gasteiger partial charge in [0.1, 0.15) is 11.4 Å². The molecule has 0 saturated carbocycles. The molecule has 1 aromatic heterocycles. The smallest absolute Gasteiger partial charge is 0.407 e. The maximum Gasteiger partial charge on any atom is 0.407 e. The number of hydrogen-bond acceptors (Lipinski definition) is 8. The number of aliphatic hydroxyl groups is 1. The number of rotatable bonds is 11. The van der Waals surface area contributed by atoms with Crippen molar-refractivity contribution in [1.82, 2.24) is 20.2 Å². The Bertz CT molecular complexity index is 1270. The van der Waals surface area contributed by atoms with E-state index in [0.29, 0.717) is 26.2 Å². The molecule has 9 heteroatoms. The van der Waals surface area contributed by atoms with Crippen LogP contribution in [0.2, 0.25) is 0 Å². The second-order valence-electron chi connectivity index (χ2n) is 11.5. The van der Waals surface area contributed by atoms with Crippen LogP contribution in [0.1, 0.15) is 49.7 Å². The lowest BCUT2D eigenvalue weighted by atomic mass is 10.0. The van der Waals surface area contributed by atoms with Gasteiger partial charge >= 0.3 is 6.09 Å². The number of amides is 1. The third-order valence-electron chi connectivity index (χ3n) is 6.75. The van der Waals surface area contributed by atoms with Crippen LogP contribution >= 0.6 is 0 Å². The van der Waals surface area contributed by atoms with Gasteiger partial charge in [0.15, 0.2) is 0 Å². The number of anilines is 1. The van der Waals surface area contributed by atoms with Crippen molar-refractivity contribution in [3.8, 4) is 11.3 Å². The Hall–Kier alpha value is -3.53. The second kappa shape index (κ2) is 14.4. The van der Waals surface area contributed by atoms with E-state index in [1.54, 1.807) is 0 Å². The summed E-state index contributed by atoms with van der Waals surface area (Å²) in [4.78, 5) is 25.7. The van der Waals surface area contributed by atoms with E-state index >= 15 is 0 Å². The highest BCUT2D eigenvalue weighted by molar-refractivity contribution is 5.67. The van der Waals surface area contributed by atoms with Crippen LogP contribution in [0.4, 0.5) is 10.5 Å². The average molecular weight is 562 g/mol. The van der Waals surface area contributed by atoms with E-state index in [1.165, 1.54) is 5.56 Å². The van der Waals surface area contributed by atoms with E-state index in [1.807, 2.05) is 45.2 Å². The molecule has 0 radical (unpaired) electrons. The van der Waals surface area contributed by atoms with Gasteiger partial charge in [0.25, 0.3) is 0 Å². The minimum atomic E-state index is -0.486. The number of carbonyl (C=O) groups is 1. The minimum Gasteiger partial charge on any atom is -0.444 e. The predicted octanol–water partition coefficient (Wildman–Crippen LogP) is 4.41. The molecule has 2 heterocycles. The van der Waals surface area contributed by atoms with Gasteiger partial charge in [-0.15, -0.1) is 0 Å². The number of nitrogens with one attached hydrogen (secondary N) is 1. The molecule has 0 unspecified atom stereocenters. The molecule has 0 atom stereocenters. The van der Waals surface area contributed by atoms with Gasteiger partial charge in [-0.25, -0.2) is 14.8 Å². The highest BCUT2D eigenvalue weighted by Gasteiger charge is 2.16. The summed E-state index contributed by atoms with van der Waals surface area (Å²) in [5, 5.41) is 12.6. The third-order valence-corrected chi connectivity index (χ3v) is 6.75. The number of hydrogen-bond donors (Lipinski definition) is 2. The van der Waals surface area contributed by atoms with Crippen molar-refractivity contribution in [2.45, 2.75) is 52.4 Å². The summed E-state index contributed by atoms with van der Waals surface area (Å²) in [6.45, 7) is 10.9. The summed E-state index contributed by atoms with van der Waals surface area (Å²) in [7, 11) is 2.08. The van der Waals surface area contributed by atoms with Gasteiger partial charge in [-0.05, 0) is 75.7 Å². The van der Waals surface area contributed by atoms with E-state index < -0.39 is 5.60 Å². The summed E-state index contributed by atoms with van der Waals surface area (Å²) in [5.41, 5.74) is 5.72. The minimum absolute atomic E-state index is 0.00339. The Morgan fingerprint density at radius 2 is 1.80 bits per heavy atom. The number of morpholine rings is 1. The third kappa shape index (κ3) is 9.81. The van der Waals surface area contributed by atoms with Crippen LogP contribution in [0.25, 0.3) is 11.3 Å². The molecule has 4 rings (SSSR count). The van der Waals surface area contributed by atoms with Crippen molar-refractivity contribution in [3.63, 3.8) is 0 Å². The summed E-state index contributed by atoms with van der Waals surface area (Å²) < 4.78 is 10.8. The molecule has 0 spiro atoms. The number of nitrogens with zero attached hydrogens (tertiary/aromatic N) is 4. The molecule has 2 N–H and O–H groups in total. The maximum absolute atomic E-state index is 11.8. The van der Waals surface area contributed by atoms with Gasteiger partial charge in [0, 0.05) is 50.0 Å². The van der Waals surface area contributed by atoms with Crippen LogP contribution in [-0.2, 0) is 29.0 Å². The molecule has 1 fully saturated rings. The lowest BCUT2D eigenvalue weighted by Gasteiger charge is -2.29. The number of aliphatic hydroxyl groups excluding tert-OH is 1. The number of aromatic nitrogens is 2. The largest absolute Gasteiger partial charge is 0.444 e. The normalized spacial score (nSPS) is 13.9. The molecule has 1 aliphatic rings. The Morgan fingerprint density at radius 3 is 2.51 bits per heavy atom. The molecule has 3 aromatic rings. The first-order valence-electron chi connectivity index (χ1n) is 14.3. The zero-order valence-corrected chi connectivity index (χ0v) is 24.7. The number of ether oxygens (including phenoxy) is 2. The Labute approximate surface area is 243 Å². The molecule has 220 valence electrons. The van der Waals surface area contributed by atoms with Gasteiger partial charge in [-0.3, -0.25) is 0 Å². The van der Waals surface area contributed by atoms with Gasteiger partial charge < -0.3 is 29.7 Å². The highest BCUT2D eigenvalue weighted by Crippen LogP contribution is 2.23. The van der Waals surface area contributed by atoms with Gasteiger partial charge in [0.05, 0.1) is 25.5 Å². The first kappa shape index (κ1) is 30.4. The van der Waals surface area contributed by atoms with Crippen LogP contribution in [0.15, 0.2) is 54.7 Å². The molecule has 9 nitrogen and oxygen atoms in total. The molecule has 0 aliphatic carbocycles. The Balaban J connectivity index is 1.32. The summed E-state index contributed by atoms with van der Waals surface area (Å²) in [5.74, 6) is 0.745. The number of benzene rings is 2. The van der Waals surface area contributed by atoms with Crippen LogP contribution in [0.3, 0.4) is 0 Å². The number of alkyl carbamates (subject to hydrolysis) is 1.